The van der Waals surface area contributed by atoms with Crippen LogP contribution in [0.15, 0.2) is 42.5 Å². The average Bonchev–Trinajstić information content (AvgIpc) is 2.66. The van der Waals surface area contributed by atoms with Crippen LogP contribution in [0.5, 0.6) is 17.2 Å². The van der Waals surface area contributed by atoms with Gasteiger partial charge in [0, 0.05) is 6.42 Å². The second-order valence-electron chi connectivity index (χ2n) is 5.54. The van der Waals surface area contributed by atoms with Crippen molar-refractivity contribution in [1.82, 2.24) is 0 Å². The minimum atomic E-state index is -0.546. The molecular weight excluding hydrogens is 320 g/mol. The van der Waals surface area contributed by atoms with Gasteiger partial charge in [-0.3, -0.25) is 4.79 Å². The van der Waals surface area contributed by atoms with Gasteiger partial charge >= 0.3 is 5.97 Å². The van der Waals surface area contributed by atoms with Gasteiger partial charge < -0.3 is 18.9 Å². The number of methoxy groups -OCH3 is 3. The Kier molecular flexibility index (Phi) is 6.69. The fraction of sp³-hybridized carbons (Fsp3) is 0.350. The van der Waals surface area contributed by atoms with Gasteiger partial charge in [0.1, 0.15) is 5.75 Å². The SMILES string of the molecule is COc1ccc(OC)c(C(C)C(=O)OCCc2ccccc2)c1OC. The Hall–Kier alpha value is -2.69. The van der Waals surface area contributed by atoms with Crippen molar-refractivity contribution < 1.29 is 23.7 Å². The zero-order chi connectivity index (χ0) is 18.2. The molecule has 1 atom stereocenters. The highest BCUT2D eigenvalue weighted by atomic mass is 16.5. The lowest BCUT2D eigenvalue weighted by molar-refractivity contribution is -0.145. The molecule has 2 rings (SSSR count). The van der Waals surface area contributed by atoms with E-state index >= 15 is 0 Å². The number of ether oxygens (including phenoxy) is 4. The number of hydrogen-bond acceptors (Lipinski definition) is 5. The van der Waals surface area contributed by atoms with Crippen molar-refractivity contribution in [2.45, 2.75) is 19.3 Å². The molecule has 0 saturated heterocycles. The van der Waals surface area contributed by atoms with Crippen LogP contribution < -0.4 is 14.2 Å². The number of carbonyl (C=O) groups is 1. The Morgan fingerprint density at radius 2 is 1.56 bits per heavy atom. The Balaban J connectivity index is 2.12. The third-order valence-corrected chi connectivity index (χ3v) is 4.03. The van der Waals surface area contributed by atoms with Gasteiger partial charge in [-0.15, -0.1) is 0 Å². The molecule has 0 amide bonds. The zero-order valence-electron chi connectivity index (χ0n) is 15.1. The summed E-state index contributed by atoms with van der Waals surface area (Å²) in [6, 6.07) is 13.4. The summed E-state index contributed by atoms with van der Waals surface area (Å²) in [6.45, 7) is 2.09. The molecule has 0 saturated carbocycles. The smallest absolute Gasteiger partial charge is 0.313 e. The predicted molar refractivity (Wildman–Crippen MR) is 95.6 cm³/mol. The van der Waals surface area contributed by atoms with Crippen LogP contribution in [0.4, 0.5) is 0 Å². The average molecular weight is 344 g/mol. The Labute approximate surface area is 148 Å². The number of hydrogen-bond donors (Lipinski definition) is 0. The van der Waals surface area contributed by atoms with Crippen LogP contribution in [-0.2, 0) is 16.0 Å². The Morgan fingerprint density at radius 1 is 0.920 bits per heavy atom. The van der Waals surface area contributed by atoms with E-state index in [-0.39, 0.29) is 5.97 Å². The first-order valence-electron chi connectivity index (χ1n) is 8.11. The first-order valence-corrected chi connectivity index (χ1v) is 8.11. The maximum Gasteiger partial charge on any atom is 0.313 e. The van der Waals surface area contributed by atoms with E-state index in [0.717, 1.165) is 5.56 Å². The van der Waals surface area contributed by atoms with E-state index in [9.17, 15) is 4.79 Å². The zero-order valence-corrected chi connectivity index (χ0v) is 15.1. The molecule has 0 N–H and O–H groups in total. The van der Waals surface area contributed by atoms with Gasteiger partial charge in [-0.25, -0.2) is 0 Å². The number of carbonyl (C=O) groups excluding carboxylic acids is 1. The van der Waals surface area contributed by atoms with Crippen molar-refractivity contribution in [3.8, 4) is 17.2 Å². The van der Waals surface area contributed by atoms with Crippen LogP contribution in [0.2, 0.25) is 0 Å². The fourth-order valence-corrected chi connectivity index (χ4v) is 2.68. The van der Waals surface area contributed by atoms with Crippen LogP contribution in [0, 0.1) is 0 Å². The van der Waals surface area contributed by atoms with Crippen molar-refractivity contribution >= 4 is 5.97 Å². The summed E-state index contributed by atoms with van der Waals surface area (Å²) in [6.07, 6.45) is 0.672. The first kappa shape index (κ1) is 18.6. The summed E-state index contributed by atoms with van der Waals surface area (Å²) in [7, 11) is 4.64. The van der Waals surface area contributed by atoms with Crippen LogP contribution >= 0.6 is 0 Å². The van der Waals surface area contributed by atoms with Crippen LogP contribution in [0.3, 0.4) is 0 Å². The molecule has 5 heteroatoms. The van der Waals surface area contributed by atoms with Crippen molar-refractivity contribution in [3.05, 3.63) is 53.6 Å². The number of esters is 1. The summed E-state index contributed by atoms with van der Waals surface area (Å²) in [5.41, 5.74) is 1.74. The minimum Gasteiger partial charge on any atom is -0.496 e. The fourth-order valence-electron chi connectivity index (χ4n) is 2.68. The van der Waals surface area contributed by atoms with Gasteiger partial charge in [0.05, 0.1) is 39.4 Å². The number of benzene rings is 2. The van der Waals surface area contributed by atoms with Gasteiger partial charge in [0.2, 0.25) is 0 Å². The molecule has 2 aromatic rings. The van der Waals surface area contributed by atoms with Crippen molar-refractivity contribution in [1.29, 1.82) is 0 Å². The van der Waals surface area contributed by atoms with Crippen molar-refractivity contribution in [2.24, 2.45) is 0 Å². The van der Waals surface area contributed by atoms with Gasteiger partial charge in [-0.05, 0) is 24.6 Å². The molecule has 134 valence electrons. The molecule has 0 aliphatic carbocycles. The molecule has 25 heavy (non-hydrogen) atoms. The van der Waals surface area contributed by atoms with Crippen molar-refractivity contribution in [3.63, 3.8) is 0 Å². The van der Waals surface area contributed by atoms with Gasteiger partial charge in [-0.1, -0.05) is 30.3 Å². The van der Waals surface area contributed by atoms with Gasteiger partial charge in [-0.2, -0.15) is 0 Å². The summed E-state index contributed by atoms with van der Waals surface area (Å²) in [5.74, 6) is 0.707. The molecule has 0 spiro atoms. The van der Waals surface area contributed by atoms with E-state index in [1.54, 1.807) is 33.3 Å². The van der Waals surface area contributed by atoms with E-state index in [0.29, 0.717) is 35.8 Å². The van der Waals surface area contributed by atoms with Gasteiger partial charge in [0.25, 0.3) is 0 Å². The first-order chi connectivity index (χ1) is 12.1. The second kappa shape index (κ2) is 8.97. The van der Waals surface area contributed by atoms with Crippen LogP contribution in [0.1, 0.15) is 24.0 Å². The molecular formula is C20H24O5. The highest BCUT2D eigenvalue weighted by Gasteiger charge is 2.27. The molecule has 0 fully saturated rings. The summed E-state index contributed by atoms with van der Waals surface area (Å²) < 4.78 is 21.6. The second-order valence-corrected chi connectivity index (χ2v) is 5.54. The molecule has 0 radical (unpaired) electrons. The molecule has 5 nitrogen and oxygen atoms in total. The Morgan fingerprint density at radius 3 is 2.16 bits per heavy atom. The molecule has 0 aliphatic rings. The van der Waals surface area contributed by atoms with E-state index in [4.69, 9.17) is 18.9 Å². The quantitative estimate of drug-likeness (QED) is 0.685. The maximum absolute atomic E-state index is 12.5. The summed E-state index contributed by atoms with van der Waals surface area (Å²) in [4.78, 5) is 12.5. The third-order valence-electron chi connectivity index (χ3n) is 4.03. The topological polar surface area (TPSA) is 54.0 Å². The van der Waals surface area contributed by atoms with Crippen LogP contribution in [0.25, 0.3) is 0 Å². The molecule has 0 aliphatic heterocycles. The van der Waals surface area contributed by atoms with E-state index in [2.05, 4.69) is 0 Å². The highest BCUT2D eigenvalue weighted by molar-refractivity contribution is 5.80. The normalized spacial score (nSPS) is 11.5. The largest absolute Gasteiger partial charge is 0.496 e. The van der Waals surface area contributed by atoms with Crippen LogP contribution in [-0.4, -0.2) is 33.9 Å². The molecule has 0 aromatic heterocycles. The molecule has 0 bridgehead atoms. The van der Waals surface area contributed by atoms with E-state index in [1.807, 2.05) is 30.3 Å². The summed E-state index contributed by atoms with van der Waals surface area (Å²) >= 11 is 0. The molecule has 1 unspecified atom stereocenters. The predicted octanol–water partition coefficient (Wildman–Crippen LogP) is 3.60. The third kappa shape index (κ3) is 4.44. The van der Waals surface area contributed by atoms with E-state index < -0.39 is 5.92 Å². The highest BCUT2D eigenvalue weighted by Crippen LogP contribution is 2.42. The lowest BCUT2D eigenvalue weighted by atomic mass is 9.98. The Bertz CT molecular complexity index is 697. The monoisotopic (exact) mass is 344 g/mol. The lowest BCUT2D eigenvalue weighted by Crippen LogP contribution is -2.16. The van der Waals surface area contributed by atoms with Gasteiger partial charge in [0.15, 0.2) is 11.5 Å². The molecule has 2 aromatic carbocycles. The summed E-state index contributed by atoms with van der Waals surface area (Å²) in [5, 5.41) is 0. The van der Waals surface area contributed by atoms with E-state index in [1.165, 1.54) is 7.11 Å². The number of rotatable bonds is 8. The standard InChI is InChI=1S/C20H24O5/c1-14(20(21)25-13-12-15-8-6-5-7-9-15)18-16(22-2)10-11-17(23-3)19(18)24-4/h5-11,14H,12-13H2,1-4H3. The van der Waals surface area contributed by atoms with Crippen molar-refractivity contribution in [2.75, 3.05) is 27.9 Å². The lowest BCUT2D eigenvalue weighted by Gasteiger charge is -2.20. The minimum absolute atomic E-state index is 0.321. The molecule has 0 heterocycles. The maximum atomic E-state index is 12.5.